The summed E-state index contributed by atoms with van der Waals surface area (Å²) >= 11 is 6.06. The molecule has 0 aliphatic rings. The molecule has 0 spiro atoms. The van der Waals surface area contributed by atoms with Crippen LogP contribution in [0, 0.1) is 12.7 Å². The highest BCUT2D eigenvalue weighted by Gasteiger charge is 2.14. The van der Waals surface area contributed by atoms with Gasteiger partial charge >= 0.3 is 0 Å². The average molecular weight is 396 g/mol. The number of para-hydroxylation sites is 1. The summed E-state index contributed by atoms with van der Waals surface area (Å²) in [7, 11) is 0. The quantitative estimate of drug-likeness (QED) is 0.563. The number of carbonyl (C=O) groups excluding carboxylic acids is 1. The number of aryl methyl sites for hydroxylation is 1. The van der Waals surface area contributed by atoms with Gasteiger partial charge in [0, 0.05) is 33.8 Å². The van der Waals surface area contributed by atoms with E-state index in [1.807, 2.05) is 0 Å². The van der Waals surface area contributed by atoms with Crippen LogP contribution in [-0.4, -0.2) is 15.5 Å². The van der Waals surface area contributed by atoms with Crippen LogP contribution in [0.4, 0.5) is 10.1 Å². The first kappa shape index (κ1) is 18.1. The van der Waals surface area contributed by atoms with E-state index in [2.05, 4.69) is 10.3 Å². The number of benzene rings is 2. The van der Waals surface area contributed by atoms with Crippen molar-refractivity contribution in [3.05, 3.63) is 81.5 Å². The van der Waals surface area contributed by atoms with Crippen molar-refractivity contribution in [1.82, 2.24) is 9.55 Å². The molecular formula is C21H15ClFN3O2. The van der Waals surface area contributed by atoms with E-state index in [0.29, 0.717) is 27.3 Å². The highest BCUT2D eigenvalue weighted by atomic mass is 35.5. The van der Waals surface area contributed by atoms with Crippen molar-refractivity contribution in [1.29, 1.82) is 0 Å². The van der Waals surface area contributed by atoms with Gasteiger partial charge in [-0.2, -0.15) is 0 Å². The molecule has 4 aromatic rings. The first-order valence-electron chi connectivity index (χ1n) is 8.57. The molecule has 2 heterocycles. The fraction of sp³-hybridized carbons (Fsp3) is 0.0952. The van der Waals surface area contributed by atoms with E-state index in [-0.39, 0.29) is 28.8 Å². The summed E-state index contributed by atoms with van der Waals surface area (Å²) in [5.74, 6) is -0.906. The minimum atomic E-state index is -0.549. The molecule has 2 aromatic heterocycles. The lowest BCUT2D eigenvalue weighted by atomic mass is 10.1. The van der Waals surface area contributed by atoms with E-state index in [9.17, 15) is 14.0 Å². The van der Waals surface area contributed by atoms with E-state index in [0.717, 1.165) is 0 Å². The van der Waals surface area contributed by atoms with Gasteiger partial charge in [-0.05, 0) is 43.3 Å². The zero-order chi connectivity index (χ0) is 19.8. The Morgan fingerprint density at radius 1 is 1.18 bits per heavy atom. The van der Waals surface area contributed by atoms with Crippen molar-refractivity contribution >= 4 is 45.0 Å². The fourth-order valence-corrected chi connectivity index (χ4v) is 3.45. The minimum absolute atomic E-state index is 0.116. The largest absolute Gasteiger partial charge is 0.333 e. The van der Waals surface area contributed by atoms with Gasteiger partial charge < -0.3 is 9.88 Å². The number of nitrogens with one attached hydrogen (secondary N) is 1. The third-order valence-electron chi connectivity index (χ3n) is 4.57. The molecule has 0 unspecified atom stereocenters. The van der Waals surface area contributed by atoms with E-state index in [1.54, 1.807) is 43.5 Å². The topological polar surface area (TPSA) is 64.0 Å². The number of halogens is 2. The Hall–Kier alpha value is -3.25. The standard InChI is InChI=1S/C21H15ClFN3O2/c1-12-9-19(27)14-3-2-4-16(23)21(14)26(12)11-20(28)25-18-7-8-24-17-6-5-13(22)10-15(17)18/h2-10H,11H2,1H3,(H,24,25,28). The van der Waals surface area contributed by atoms with Gasteiger partial charge in [0.1, 0.15) is 12.4 Å². The first-order chi connectivity index (χ1) is 13.4. The molecule has 0 radical (unpaired) electrons. The minimum Gasteiger partial charge on any atom is -0.333 e. The summed E-state index contributed by atoms with van der Waals surface area (Å²) < 4.78 is 15.9. The summed E-state index contributed by atoms with van der Waals surface area (Å²) in [4.78, 5) is 29.1. The molecule has 140 valence electrons. The summed E-state index contributed by atoms with van der Waals surface area (Å²) in [5.41, 5.74) is 1.59. The number of carbonyl (C=O) groups is 1. The van der Waals surface area contributed by atoms with Crippen molar-refractivity contribution in [2.45, 2.75) is 13.5 Å². The molecule has 1 amide bonds. The van der Waals surface area contributed by atoms with Gasteiger partial charge in [0.05, 0.1) is 16.7 Å². The number of anilines is 1. The molecule has 28 heavy (non-hydrogen) atoms. The Morgan fingerprint density at radius 2 is 2.00 bits per heavy atom. The second kappa shape index (κ2) is 7.05. The van der Waals surface area contributed by atoms with Crippen molar-refractivity contribution in [3.63, 3.8) is 0 Å². The maximum atomic E-state index is 14.4. The molecule has 0 saturated heterocycles. The van der Waals surface area contributed by atoms with Gasteiger partial charge in [-0.25, -0.2) is 4.39 Å². The van der Waals surface area contributed by atoms with Crippen LogP contribution in [0.5, 0.6) is 0 Å². The van der Waals surface area contributed by atoms with Crippen LogP contribution in [0.3, 0.4) is 0 Å². The van der Waals surface area contributed by atoms with Crippen molar-refractivity contribution < 1.29 is 9.18 Å². The Kier molecular flexibility index (Phi) is 4.57. The Labute approximate surface area is 164 Å². The molecule has 0 fully saturated rings. The van der Waals surface area contributed by atoms with Crippen LogP contribution >= 0.6 is 11.6 Å². The Morgan fingerprint density at radius 3 is 2.82 bits per heavy atom. The van der Waals surface area contributed by atoms with Crippen molar-refractivity contribution in [2.24, 2.45) is 0 Å². The van der Waals surface area contributed by atoms with Gasteiger partial charge in [0.25, 0.3) is 0 Å². The van der Waals surface area contributed by atoms with Gasteiger partial charge in [-0.3, -0.25) is 14.6 Å². The van der Waals surface area contributed by atoms with E-state index < -0.39 is 5.82 Å². The van der Waals surface area contributed by atoms with Crippen molar-refractivity contribution in [3.8, 4) is 0 Å². The van der Waals surface area contributed by atoms with E-state index >= 15 is 0 Å². The van der Waals surface area contributed by atoms with Crippen LogP contribution in [0.1, 0.15) is 5.69 Å². The molecule has 4 rings (SSSR count). The van der Waals surface area contributed by atoms with Crippen LogP contribution in [-0.2, 0) is 11.3 Å². The Balaban J connectivity index is 1.73. The monoisotopic (exact) mass is 395 g/mol. The summed E-state index contributed by atoms with van der Waals surface area (Å²) in [6.07, 6.45) is 1.59. The third-order valence-corrected chi connectivity index (χ3v) is 4.80. The number of amides is 1. The summed E-state index contributed by atoms with van der Waals surface area (Å²) in [6, 6.07) is 12.6. The first-order valence-corrected chi connectivity index (χ1v) is 8.94. The van der Waals surface area contributed by atoms with E-state index in [4.69, 9.17) is 11.6 Å². The van der Waals surface area contributed by atoms with Crippen LogP contribution in [0.2, 0.25) is 5.02 Å². The summed E-state index contributed by atoms with van der Waals surface area (Å²) in [5, 5.41) is 4.30. The van der Waals surface area contributed by atoms with Gasteiger partial charge in [-0.15, -0.1) is 0 Å². The Bertz CT molecular complexity index is 1300. The second-order valence-corrected chi connectivity index (χ2v) is 6.88. The molecule has 0 saturated carbocycles. The van der Waals surface area contributed by atoms with Crippen LogP contribution in [0.25, 0.3) is 21.8 Å². The van der Waals surface area contributed by atoms with Crippen LogP contribution < -0.4 is 10.7 Å². The average Bonchev–Trinajstić information content (AvgIpc) is 2.66. The molecule has 0 aliphatic heterocycles. The number of aromatic nitrogens is 2. The molecule has 5 nitrogen and oxygen atoms in total. The van der Waals surface area contributed by atoms with Crippen LogP contribution in [0.15, 0.2) is 59.5 Å². The highest BCUT2D eigenvalue weighted by molar-refractivity contribution is 6.31. The molecular weight excluding hydrogens is 381 g/mol. The number of pyridine rings is 2. The second-order valence-electron chi connectivity index (χ2n) is 6.44. The smallest absolute Gasteiger partial charge is 0.244 e. The number of hydrogen-bond acceptors (Lipinski definition) is 3. The maximum Gasteiger partial charge on any atom is 0.244 e. The number of hydrogen-bond donors (Lipinski definition) is 1. The zero-order valence-corrected chi connectivity index (χ0v) is 15.6. The summed E-state index contributed by atoms with van der Waals surface area (Å²) in [6.45, 7) is 1.52. The molecule has 0 atom stereocenters. The van der Waals surface area contributed by atoms with Gasteiger partial charge in [0.2, 0.25) is 5.91 Å². The molecule has 7 heteroatoms. The van der Waals surface area contributed by atoms with Gasteiger partial charge in [-0.1, -0.05) is 17.7 Å². The number of rotatable bonds is 3. The lowest BCUT2D eigenvalue weighted by molar-refractivity contribution is -0.116. The highest BCUT2D eigenvalue weighted by Crippen LogP contribution is 2.25. The third kappa shape index (κ3) is 3.23. The zero-order valence-electron chi connectivity index (χ0n) is 14.9. The maximum absolute atomic E-state index is 14.4. The predicted octanol–water partition coefficient (Wildman–Crippen LogP) is 4.29. The number of nitrogens with zero attached hydrogens (tertiary/aromatic N) is 2. The fourth-order valence-electron chi connectivity index (χ4n) is 3.27. The molecule has 2 aromatic carbocycles. The SMILES string of the molecule is Cc1cc(=O)c2cccc(F)c2n1CC(=O)Nc1ccnc2ccc(Cl)cc12. The molecule has 0 aliphatic carbocycles. The molecule has 1 N–H and O–H groups in total. The van der Waals surface area contributed by atoms with Gasteiger partial charge in [0.15, 0.2) is 5.43 Å². The normalized spacial score (nSPS) is 11.1. The predicted molar refractivity (Wildman–Crippen MR) is 108 cm³/mol. The lowest BCUT2D eigenvalue weighted by Crippen LogP contribution is -2.23. The number of fused-ring (bicyclic) bond motifs is 2. The lowest BCUT2D eigenvalue weighted by Gasteiger charge is -2.15. The van der Waals surface area contributed by atoms with E-state index in [1.165, 1.54) is 22.8 Å². The van der Waals surface area contributed by atoms with Crippen molar-refractivity contribution in [2.75, 3.05) is 5.32 Å². The molecule has 0 bridgehead atoms.